The summed E-state index contributed by atoms with van der Waals surface area (Å²) in [5, 5.41) is 2.75. The number of nitrogens with two attached hydrogens (primary N) is 1. The highest BCUT2D eigenvalue weighted by Gasteiger charge is 2.17. The summed E-state index contributed by atoms with van der Waals surface area (Å²) in [6, 6.07) is 15.0. The Kier molecular flexibility index (Phi) is 4.98. The van der Waals surface area contributed by atoms with Gasteiger partial charge < -0.3 is 15.5 Å². The van der Waals surface area contributed by atoms with Gasteiger partial charge in [-0.15, -0.1) is 0 Å². The van der Waals surface area contributed by atoms with E-state index in [9.17, 15) is 4.79 Å². The number of amides is 1. The summed E-state index contributed by atoms with van der Waals surface area (Å²) < 4.78 is 5.36. The smallest absolute Gasteiger partial charge is 0.273 e. The van der Waals surface area contributed by atoms with E-state index >= 15 is 0 Å². The molecule has 2 aromatic heterocycles. The number of nitrogens with zero attached hydrogens (tertiary/aromatic N) is 2. The molecule has 1 atom stereocenters. The first-order valence-electron chi connectivity index (χ1n) is 7.65. The molecular formula is C18H18N4O2. The van der Waals surface area contributed by atoms with Crippen molar-refractivity contribution in [2.24, 2.45) is 5.73 Å². The molecule has 0 radical (unpaired) electrons. The molecule has 1 amide bonds. The van der Waals surface area contributed by atoms with Gasteiger partial charge in [-0.25, -0.2) is 4.98 Å². The van der Waals surface area contributed by atoms with Gasteiger partial charge in [0, 0.05) is 6.20 Å². The molecule has 0 aliphatic heterocycles. The van der Waals surface area contributed by atoms with E-state index in [0.717, 1.165) is 11.3 Å². The summed E-state index contributed by atoms with van der Waals surface area (Å²) in [6.07, 6.45) is 3.60. The number of carbonyl (C=O) groups excluding carboxylic acids is 1. The Labute approximate surface area is 139 Å². The topological polar surface area (TPSA) is 94.0 Å². The second-order valence-corrected chi connectivity index (χ2v) is 5.37. The Morgan fingerprint density at radius 1 is 1.17 bits per heavy atom. The molecule has 2 heterocycles. The molecule has 0 spiro atoms. The van der Waals surface area contributed by atoms with Crippen LogP contribution in [0.25, 0.3) is 0 Å². The highest BCUT2D eigenvalue weighted by molar-refractivity contribution is 5.91. The average molecular weight is 322 g/mol. The van der Waals surface area contributed by atoms with Crippen LogP contribution >= 0.6 is 0 Å². The van der Waals surface area contributed by atoms with Crippen molar-refractivity contribution in [3.8, 4) is 0 Å². The lowest BCUT2D eigenvalue weighted by atomic mass is 10.1. The number of oxazole rings is 1. The minimum atomic E-state index is -0.398. The molecule has 3 N–H and O–H groups in total. The number of pyridine rings is 1. The average Bonchev–Trinajstić information content (AvgIpc) is 3.12. The van der Waals surface area contributed by atoms with Crippen LogP contribution in [0, 0.1) is 0 Å². The van der Waals surface area contributed by atoms with Gasteiger partial charge in [0.1, 0.15) is 6.26 Å². The highest BCUT2D eigenvalue weighted by atomic mass is 16.3. The summed E-state index contributed by atoms with van der Waals surface area (Å²) in [5.41, 5.74) is 8.18. The van der Waals surface area contributed by atoms with E-state index in [-0.39, 0.29) is 11.6 Å². The van der Waals surface area contributed by atoms with Crippen LogP contribution < -0.4 is 11.1 Å². The fraction of sp³-hybridized carbons (Fsp3) is 0.167. The van der Waals surface area contributed by atoms with Crippen LogP contribution in [0.5, 0.6) is 0 Å². The van der Waals surface area contributed by atoms with Gasteiger partial charge in [0.05, 0.1) is 18.3 Å². The second kappa shape index (κ2) is 7.52. The van der Waals surface area contributed by atoms with Crippen molar-refractivity contribution in [1.29, 1.82) is 0 Å². The molecule has 0 saturated carbocycles. The van der Waals surface area contributed by atoms with E-state index in [1.807, 2.05) is 48.5 Å². The number of benzene rings is 1. The molecule has 0 aliphatic carbocycles. The Balaban J connectivity index is 1.59. The predicted octanol–water partition coefficient (Wildman–Crippen LogP) is 2.24. The minimum absolute atomic E-state index is 0.212. The molecule has 3 aromatic rings. The predicted molar refractivity (Wildman–Crippen MR) is 89.0 cm³/mol. The third kappa shape index (κ3) is 4.05. The van der Waals surface area contributed by atoms with Crippen molar-refractivity contribution in [3.05, 3.63) is 83.8 Å². The highest BCUT2D eigenvalue weighted by Crippen LogP contribution is 2.15. The van der Waals surface area contributed by atoms with Crippen molar-refractivity contribution < 1.29 is 9.21 Å². The van der Waals surface area contributed by atoms with Crippen molar-refractivity contribution in [2.45, 2.75) is 19.0 Å². The SMILES string of the molecule is NC(Cc1ccccc1)c1nc(C(=O)NCc2ccccn2)co1. The minimum Gasteiger partial charge on any atom is -0.446 e. The molecule has 0 bridgehead atoms. The van der Waals surface area contributed by atoms with Crippen LogP contribution in [0.2, 0.25) is 0 Å². The largest absolute Gasteiger partial charge is 0.446 e. The van der Waals surface area contributed by atoms with E-state index < -0.39 is 6.04 Å². The summed E-state index contributed by atoms with van der Waals surface area (Å²) >= 11 is 0. The zero-order valence-corrected chi connectivity index (χ0v) is 13.1. The number of carbonyl (C=O) groups is 1. The zero-order chi connectivity index (χ0) is 16.8. The van der Waals surface area contributed by atoms with Gasteiger partial charge >= 0.3 is 0 Å². The van der Waals surface area contributed by atoms with Crippen LogP contribution in [-0.2, 0) is 13.0 Å². The standard InChI is InChI=1S/C18H18N4O2/c19-15(10-13-6-2-1-3-7-13)18-22-16(12-24-18)17(23)21-11-14-8-4-5-9-20-14/h1-9,12,15H,10-11,19H2,(H,21,23). The van der Waals surface area contributed by atoms with Gasteiger partial charge in [-0.1, -0.05) is 36.4 Å². The van der Waals surface area contributed by atoms with Gasteiger partial charge in [-0.05, 0) is 24.1 Å². The number of aromatic nitrogens is 2. The van der Waals surface area contributed by atoms with Crippen molar-refractivity contribution in [1.82, 2.24) is 15.3 Å². The van der Waals surface area contributed by atoms with E-state index in [2.05, 4.69) is 15.3 Å². The number of hydrogen-bond acceptors (Lipinski definition) is 5. The van der Waals surface area contributed by atoms with Gasteiger partial charge in [-0.2, -0.15) is 0 Å². The van der Waals surface area contributed by atoms with Crippen LogP contribution in [0.3, 0.4) is 0 Å². The quantitative estimate of drug-likeness (QED) is 0.726. The molecule has 0 fully saturated rings. The maximum absolute atomic E-state index is 12.1. The number of rotatable bonds is 6. The molecular weight excluding hydrogens is 304 g/mol. The summed E-state index contributed by atoms with van der Waals surface area (Å²) in [7, 11) is 0. The molecule has 6 heteroatoms. The fourth-order valence-corrected chi connectivity index (χ4v) is 2.28. The first kappa shape index (κ1) is 15.9. The second-order valence-electron chi connectivity index (χ2n) is 5.37. The van der Waals surface area contributed by atoms with Crippen molar-refractivity contribution in [3.63, 3.8) is 0 Å². The zero-order valence-electron chi connectivity index (χ0n) is 13.1. The summed E-state index contributed by atoms with van der Waals surface area (Å²) in [5.74, 6) is 0.0319. The maximum atomic E-state index is 12.1. The normalized spacial score (nSPS) is 11.9. The van der Waals surface area contributed by atoms with Crippen LogP contribution in [0.4, 0.5) is 0 Å². The lowest BCUT2D eigenvalue weighted by Gasteiger charge is -2.07. The van der Waals surface area contributed by atoms with Crippen LogP contribution in [-0.4, -0.2) is 15.9 Å². The lowest BCUT2D eigenvalue weighted by molar-refractivity contribution is 0.0945. The summed E-state index contributed by atoms with van der Waals surface area (Å²) in [4.78, 5) is 20.5. The third-order valence-electron chi connectivity index (χ3n) is 3.53. The molecule has 0 saturated heterocycles. The van der Waals surface area contributed by atoms with Gasteiger partial charge in [-0.3, -0.25) is 9.78 Å². The van der Waals surface area contributed by atoms with Crippen molar-refractivity contribution in [2.75, 3.05) is 0 Å². The molecule has 3 rings (SSSR count). The molecule has 6 nitrogen and oxygen atoms in total. The fourth-order valence-electron chi connectivity index (χ4n) is 2.28. The molecule has 1 unspecified atom stereocenters. The third-order valence-corrected chi connectivity index (χ3v) is 3.53. The number of hydrogen-bond donors (Lipinski definition) is 2. The Morgan fingerprint density at radius 3 is 2.71 bits per heavy atom. The van der Waals surface area contributed by atoms with Gasteiger partial charge in [0.25, 0.3) is 5.91 Å². The Bertz CT molecular complexity index is 787. The van der Waals surface area contributed by atoms with E-state index in [4.69, 9.17) is 10.2 Å². The number of nitrogens with one attached hydrogen (secondary N) is 1. The molecule has 122 valence electrons. The molecule has 24 heavy (non-hydrogen) atoms. The monoisotopic (exact) mass is 322 g/mol. The van der Waals surface area contributed by atoms with Gasteiger partial charge in [0.15, 0.2) is 5.69 Å². The maximum Gasteiger partial charge on any atom is 0.273 e. The van der Waals surface area contributed by atoms with E-state index in [1.165, 1.54) is 6.26 Å². The van der Waals surface area contributed by atoms with Crippen LogP contribution in [0.15, 0.2) is 65.4 Å². The Morgan fingerprint density at radius 2 is 1.96 bits per heavy atom. The lowest BCUT2D eigenvalue weighted by Crippen LogP contribution is -2.24. The first-order valence-corrected chi connectivity index (χ1v) is 7.65. The van der Waals surface area contributed by atoms with Crippen molar-refractivity contribution >= 4 is 5.91 Å². The summed E-state index contributed by atoms with van der Waals surface area (Å²) in [6.45, 7) is 0.331. The Hall–Kier alpha value is -2.99. The van der Waals surface area contributed by atoms with Crippen LogP contribution in [0.1, 0.15) is 33.7 Å². The van der Waals surface area contributed by atoms with Gasteiger partial charge in [0.2, 0.25) is 5.89 Å². The van der Waals surface area contributed by atoms with E-state index in [1.54, 1.807) is 6.20 Å². The first-order chi connectivity index (χ1) is 11.7. The molecule has 1 aromatic carbocycles. The van der Waals surface area contributed by atoms with E-state index in [0.29, 0.717) is 18.9 Å². The molecule has 0 aliphatic rings.